The summed E-state index contributed by atoms with van der Waals surface area (Å²) >= 11 is 0. The first kappa shape index (κ1) is 13.2. The van der Waals surface area contributed by atoms with Crippen molar-refractivity contribution in [1.82, 2.24) is 5.32 Å². The minimum atomic E-state index is -1.02. The maximum Gasteiger partial charge on any atom is 0.251 e. The van der Waals surface area contributed by atoms with Crippen LogP contribution < -0.4 is 5.32 Å². The number of carbonyl (C=O) groups is 1. The van der Waals surface area contributed by atoms with Crippen LogP contribution in [0, 0.1) is 24.0 Å². The van der Waals surface area contributed by atoms with Crippen LogP contribution in [0.4, 0.5) is 8.78 Å². The van der Waals surface area contributed by atoms with Gasteiger partial charge in [-0.3, -0.25) is 4.79 Å². The average Bonchev–Trinajstić information content (AvgIpc) is 2.32. The van der Waals surface area contributed by atoms with E-state index in [4.69, 9.17) is 6.42 Å². The Labute approximate surface area is 99.0 Å². The van der Waals surface area contributed by atoms with Crippen molar-refractivity contribution >= 4 is 5.91 Å². The van der Waals surface area contributed by atoms with E-state index in [1.54, 1.807) is 0 Å². The maximum atomic E-state index is 12.9. The van der Waals surface area contributed by atoms with Gasteiger partial charge < -0.3 is 5.32 Å². The van der Waals surface area contributed by atoms with Crippen molar-refractivity contribution in [2.75, 3.05) is 6.54 Å². The SMILES string of the molecule is C#CCCCCNC(=O)c1ccc(F)c(F)c1. The predicted octanol–water partition coefficient (Wildman–Crippen LogP) is 2.50. The van der Waals surface area contributed by atoms with Crippen LogP contribution in [0.3, 0.4) is 0 Å². The van der Waals surface area contributed by atoms with Crippen LogP contribution in [0.2, 0.25) is 0 Å². The van der Waals surface area contributed by atoms with Crippen LogP contribution in [-0.2, 0) is 0 Å². The average molecular weight is 237 g/mol. The zero-order valence-corrected chi connectivity index (χ0v) is 9.30. The van der Waals surface area contributed by atoms with Crippen LogP contribution in [0.5, 0.6) is 0 Å². The lowest BCUT2D eigenvalue weighted by atomic mass is 10.2. The predicted molar refractivity (Wildman–Crippen MR) is 61.4 cm³/mol. The molecule has 0 bridgehead atoms. The summed E-state index contributed by atoms with van der Waals surface area (Å²) in [5.74, 6) is 0.0992. The maximum absolute atomic E-state index is 12.9. The lowest BCUT2D eigenvalue weighted by Crippen LogP contribution is -2.24. The van der Waals surface area contributed by atoms with E-state index in [1.165, 1.54) is 6.07 Å². The van der Waals surface area contributed by atoms with Gasteiger partial charge in [0.2, 0.25) is 0 Å². The first-order chi connectivity index (χ1) is 8.15. The lowest BCUT2D eigenvalue weighted by molar-refractivity contribution is 0.0952. The minimum absolute atomic E-state index is 0.112. The molecular weight excluding hydrogens is 224 g/mol. The van der Waals surface area contributed by atoms with E-state index in [0.717, 1.165) is 25.0 Å². The number of hydrogen-bond acceptors (Lipinski definition) is 1. The first-order valence-corrected chi connectivity index (χ1v) is 5.32. The van der Waals surface area contributed by atoms with Gasteiger partial charge in [0.1, 0.15) is 0 Å². The van der Waals surface area contributed by atoms with Crippen molar-refractivity contribution < 1.29 is 13.6 Å². The van der Waals surface area contributed by atoms with Gasteiger partial charge in [0.25, 0.3) is 5.91 Å². The number of amides is 1. The molecule has 90 valence electrons. The summed E-state index contributed by atoms with van der Waals surface area (Å²) < 4.78 is 25.5. The Morgan fingerprint density at radius 1 is 1.29 bits per heavy atom. The number of terminal acetylenes is 1. The summed E-state index contributed by atoms with van der Waals surface area (Å²) in [5.41, 5.74) is 0.112. The molecule has 0 aliphatic heterocycles. The standard InChI is InChI=1S/C13H13F2NO/c1-2-3-4-5-8-16-13(17)10-6-7-11(14)12(15)9-10/h1,6-7,9H,3-5,8H2,(H,16,17). The second-order valence-corrected chi connectivity index (χ2v) is 3.55. The second kappa shape index (κ2) is 6.64. The van der Waals surface area contributed by atoms with Gasteiger partial charge in [0, 0.05) is 18.5 Å². The van der Waals surface area contributed by atoms with E-state index in [9.17, 15) is 13.6 Å². The highest BCUT2D eigenvalue weighted by Crippen LogP contribution is 2.08. The third-order valence-electron chi connectivity index (χ3n) is 2.22. The van der Waals surface area contributed by atoms with Crippen molar-refractivity contribution in [3.63, 3.8) is 0 Å². The van der Waals surface area contributed by atoms with Crippen LogP contribution in [0.25, 0.3) is 0 Å². The number of halogens is 2. The summed E-state index contributed by atoms with van der Waals surface area (Å²) in [6, 6.07) is 3.06. The Bertz CT molecular complexity index is 438. The molecule has 0 atom stereocenters. The zero-order chi connectivity index (χ0) is 12.7. The van der Waals surface area contributed by atoms with Crippen molar-refractivity contribution in [1.29, 1.82) is 0 Å². The quantitative estimate of drug-likeness (QED) is 0.618. The second-order valence-electron chi connectivity index (χ2n) is 3.55. The number of unbranched alkanes of at least 4 members (excludes halogenated alkanes) is 2. The Balaban J connectivity index is 2.42. The number of hydrogen-bond donors (Lipinski definition) is 1. The molecular formula is C13H13F2NO. The van der Waals surface area contributed by atoms with Gasteiger partial charge in [0.05, 0.1) is 0 Å². The van der Waals surface area contributed by atoms with Gasteiger partial charge in [-0.2, -0.15) is 0 Å². The summed E-state index contributed by atoms with van der Waals surface area (Å²) in [7, 11) is 0. The van der Waals surface area contributed by atoms with Crippen LogP contribution >= 0.6 is 0 Å². The number of nitrogens with one attached hydrogen (secondary N) is 1. The molecule has 0 fully saturated rings. The molecule has 0 aliphatic carbocycles. The van der Waals surface area contributed by atoms with Gasteiger partial charge in [-0.1, -0.05) is 0 Å². The Morgan fingerprint density at radius 3 is 2.71 bits per heavy atom. The molecule has 0 heterocycles. The van der Waals surface area contributed by atoms with E-state index in [2.05, 4.69) is 11.2 Å². The largest absolute Gasteiger partial charge is 0.352 e. The molecule has 0 saturated carbocycles. The number of rotatable bonds is 5. The Morgan fingerprint density at radius 2 is 2.06 bits per heavy atom. The Kier molecular flexibility index (Phi) is 5.15. The molecule has 0 aromatic heterocycles. The van der Waals surface area contributed by atoms with Crippen molar-refractivity contribution in [2.45, 2.75) is 19.3 Å². The van der Waals surface area contributed by atoms with E-state index >= 15 is 0 Å². The first-order valence-electron chi connectivity index (χ1n) is 5.32. The Hall–Kier alpha value is -1.89. The number of benzene rings is 1. The summed E-state index contributed by atoms with van der Waals surface area (Å²) in [4.78, 5) is 11.5. The zero-order valence-electron chi connectivity index (χ0n) is 9.30. The molecule has 0 spiro atoms. The van der Waals surface area contributed by atoms with Crippen LogP contribution in [0.15, 0.2) is 18.2 Å². The molecule has 0 aliphatic rings. The molecule has 0 saturated heterocycles. The molecule has 2 nitrogen and oxygen atoms in total. The molecule has 1 amide bonds. The molecule has 1 N–H and O–H groups in total. The molecule has 0 radical (unpaired) electrons. The van der Waals surface area contributed by atoms with Gasteiger partial charge in [0.15, 0.2) is 11.6 Å². The normalized spacial score (nSPS) is 9.71. The van der Waals surface area contributed by atoms with Gasteiger partial charge >= 0.3 is 0 Å². The molecule has 1 rings (SSSR count). The molecule has 1 aromatic rings. The van der Waals surface area contributed by atoms with E-state index in [0.29, 0.717) is 13.0 Å². The third kappa shape index (κ3) is 4.23. The fraction of sp³-hybridized carbons (Fsp3) is 0.308. The van der Waals surface area contributed by atoms with Gasteiger partial charge in [-0.05, 0) is 31.0 Å². The topological polar surface area (TPSA) is 29.1 Å². The highest BCUT2D eigenvalue weighted by molar-refractivity contribution is 5.94. The molecule has 0 unspecified atom stereocenters. The summed E-state index contributed by atoms with van der Waals surface area (Å²) in [5, 5.41) is 2.61. The monoisotopic (exact) mass is 237 g/mol. The smallest absolute Gasteiger partial charge is 0.251 e. The number of carbonyl (C=O) groups excluding carboxylic acids is 1. The molecule has 1 aromatic carbocycles. The fourth-order valence-corrected chi connectivity index (χ4v) is 1.29. The van der Waals surface area contributed by atoms with E-state index in [-0.39, 0.29) is 5.56 Å². The van der Waals surface area contributed by atoms with Crippen molar-refractivity contribution in [2.24, 2.45) is 0 Å². The van der Waals surface area contributed by atoms with E-state index < -0.39 is 17.5 Å². The van der Waals surface area contributed by atoms with Crippen LogP contribution in [-0.4, -0.2) is 12.5 Å². The lowest BCUT2D eigenvalue weighted by Gasteiger charge is -2.04. The van der Waals surface area contributed by atoms with Crippen molar-refractivity contribution in [3.05, 3.63) is 35.4 Å². The highest BCUT2D eigenvalue weighted by atomic mass is 19.2. The van der Waals surface area contributed by atoms with Crippen molar-refractivity contribution in [3.8, 4) is 12.3 Å². The summed E-state index contributed by atoms with van der Waals surface area (Å²) in [6.07, 6.45) is 7.34. The van der Waals surface area contributed by atoms with Crippen LogP contribution in [0.1, 0.15) is 29.6 Å². The molecule has 17 heavy (non-hydrogen) atoms. The van der Waals surface area contributed by atoms with Gasteiger partial charge in [-0.25, -0.2) is 8.78 Å². The third-order valence-corrected chi connectivity index (χ3v) is 2.22. The summed E-state index contributed by atoms with van der Waals surface area (Å²) in [6.45, 7) is 0.472. The highest BCUT2D eigenvalue weighted by Gasteiger charge is 2.08. The minimum Gasteiger partial charge on any atom is -0.352 e. The van der Waals surface area contributed by atoms with Gasteiger partial charge in [-0.15, -0.1) is 12.3 Å². The van der Waals surface area contributed by atoms with E-state index in [1.807, 2.05) is 0 Å². The fourth-order valence-electron chi connectivity index (χ4n) is 1.29. The molecule has 4 heteroatoms.